The standard InChI is InChI=1S/C12H14N4OS/c1-7-6-18-12(14-7)8(2)15-11(17)9-4-3-5-10(13)16-9/h3-6,8H,1-2H3,(H2,13,16)(H,15,17). The molecule has 6 heteroatoms. The van der Waals surface area contributed by atoms with Gasteiger partial charge >= 0.3 is 0 Å². The van der Waals surface area contributed by atoms with E-state index in [1.165, 1.54) is 11.3 Å². The van der Waals surface area contributed by atoms with E-state index in [2.05, 4.69) is 15.3 Å². The molecule has 5 nitrogen and oxygen atoms in total. The summed E-state index contributed by atoms with van der Waals surface area (Å²) in [5.41, 5.74) is 6.81. The zero-order valence-corrected chi connectivity index (χ0v) is 11.0. The Hall–Kier alpha value is -1.95. The Kier molecular flexibility index (Phi) is 3.57. The summed E-state index contributed by atoms with van der Waals surface area (Å²) in [5, 5.41) is 5.68. The van der Waals surface area contributed by atoms with E-state index in [1.807, 2.05) is 19.2 Å². The lowest BCUT2D eigenvalue weighted by molar-refractivity contribution is 0.0935. The third-order valence-electron chi connectivity index (χ3n) is 2.36. The molecule has 0 aliphatic rings. The molecule has 1 amide bonds. The third-order valence-corrected chi connectivity index (χ3v) is 3.50. The summed E-state index contributed by atoms with van der Waals surface area (Å²) >= 11 is 1.53. The number of carbonyl (C=O) groups excluding carboxylic acids is 1. The normalized spacial score (nSPS) is 12.1. The molecule has 0 saturated carbocycles. The first-order valence-electron chi connectivity index (χ1n) is 5.51. The fraction of sp³-hybridized carbons (Fsp3) is 0.250. The molecule has 2 aromatic rings. The molecule has 2 aromatic heterocycles. The second-order valence-corrected chi connectivity index (χ2v) is 4.86. The van der Waals surface area contributed by atoms with Gasteiger partial charge in [-0.05, 0) is 26.0 Å². The van der Waals surface area contributed by atoms with Crippen molar-refractivity contribution in [2.75, 3.05) is 5.73 Å². The van der Waals surface area contributed by atoms with Crippen LogP contribution < -0.4 is 11.1 Å². The van der Waals surface area contributed by atoms with Crippen LogP contribution in [0.15, 0.2) is 23.6 Å². The maximum atomic E-state index is 11.9. The highest BCUT2D eigenvalue weighted by atomic mass is 32.1. The zero-order chi connectivity index (χ0) is 13.1. The van der Waals surface area contributed by atoms with Crippen molar-refractivity contribution < 1.29 is 4.79 Å². The Morgan fingerprint density at radius 1 is 1.44 bits per heavy atom. The molecule has 1 unspecified atom stereocenters. The van der Waals surface area contributed by atoms with E-state index in [0.29, 0.717) is 11.5 Å². The molecule has 0 radical (unpaired) electrons. The number of hydrogen-bond acceptors (Lipinski definition) is 5. The number of nitrogen functional groups attached to an aromatic ring is 1. The summed E-state index contributed by atoms with van der Waals surface area (Å²) < 4.78 is 0. The number of nitrogens with zero attached hydrogens (tertiary/aromatic N) is 2. The molecule has 1 atom stereocenters. The average Bonchev–Trinajstić information content (AvgIpc) is 2.76. The smallest absolute Gasteiger partial charge is 0.270 e. The highest BCUT2D eigenvalue weighted by Crippen LogP contribution is 2.17. The fourth-order valence-corrected chi connectivity index (χ4v) is 2.29. The Labute approximate surface area is 109 Å². The van der Waals surface area contributed by atoms with Gasteiger partial charge in [0.2, 0.25) is 0 Å². The van der Waals surface area contributed by atoms with Gasteiger partial charge in [0.1, 0.15) is 16.5 Å². The van der Waals surface area contributed by atoms with E-state index in [1.54, 1.807) is 18.2 Å². The van der Waals surface area contributed by atoms with Crippen LogP contribution in [0.3, 0.4) is 0 Å². The second kappa shape index (κ2) is 5.14. The maximum Gasteiger partial charge on any atom is 0.270 e. The maximum absolute atomic E-state index is 11.9. The Bertz CT molecular complexity index is 567. The first kappa shape index (κ1) is 12.5. The molecule has 0 aliphatic carbocycles. The number of hydrogen-bond donors (Lipinski definition) is 2. The van der Waals surface area contributed by atoms with Crippen molar-refractivity contribution in [2.24, 2.45) is 0 Å². The highest BCUT2D eigenvalue weighted by molar-refractivity contribution is 7.09. The van der Waals surface area contributed by atoms with Gasteiger partial charge in [0.15, 0.2) is 0 Å². The van der Waals surface area contributed by atoms with Crippen LogP contribution in [0.5, 0.6) is 0 Å². The van der Waals surface area contributed by atoms with Crippen LogP contribution >= 0.6 is 11.3 Å². The van der Waals surface area contributed by atoms with E-state index in [9.17, 15) is 4.79 Å². The lowest BCUT2D eigenvalue weighted by Crippen LogP contribution is -2.27. The van der Waals surface area contributed by atoms with Gasteiger partial charge in [-0.15, -0.1) is 11.3 Å². The summed E-state index contributed by atoms with van der Waals surface area (Å²) in [6.45, 7) is 3.82. The predicted molar refractivity (Wildman–Crippen MR) is 71.4 cm³/mol. The summed E-state index contributed by atoms with van der Waals surface area (Å²) in [6, 6.07) is 4.84. The van der Waals surface area contributed by atoms with Crippen molar-refractivity contribution in [3.8, 4) is 0 Å². The first-order chi connectivity index (χ1) is 8.56. The van der Waals surface area contributed by atoms with Gasteiger partial charge < -0.3 is 11.1 Å². The predicted octanol–water partition coefficient (Wildman–Crippen LogP) is 1.92. The second-order valence-electron chi connectivity index (χ2n) is 3.97. The molecule has 0 fully saturated rings. The van der Waals surface area contributed by atoms with Crippen LogP contribution in [0.2, 0.25) is 0 Å². The number of nitrogens with two attached hydrogens (primary N) is 1. The van der Waals surface area contributed by atoms with Crippen molar-refractivity contribution >= 4 is 23.1 Å². The quantitative estimate of drug-likeness (QED) is 0.885. The lowest BCUT2D eigenvalue weighted by atomic mass is 10.3. The molecular formula is C12H14N4OS. The molecule has 0 aromatic carbocycles. The van der Waals surface area contributed by atoms with Crippen molar-refractivity contribution in [3.63, 3.8) is 0 Å². The highest BCUT2D eigenvalue weighted by Gasteiger charge is 2.14. The van der Waals surface area contributed by atoms with Crippen LogP contribution in [0, 0.1) is 6.92 Å². The van der Waals surface area contributed by atoms with Gasteiger partial charge in [-0.2, -0.15) is 0 Å². The van der Waals surface area contributed by atoms with Gasteiger partial charge in [0, 0.05) is 11.1 Å². The monoisotopic (exact) mass is 262 g/mol. The van der Waals surface area contributed by atoms with Crippen LogP contribution in [0.25, 0.3) is 0 Å². The summed E-state index contributed by atoms with van der Waals surface area (Å²) in [7, 11) is 0. The molecule has 0 bridgehead atoms. The van der Waals surface area contributed by atoms with Gasteiger partial charge in [0.25, 0.3) is 5.91 Å². The van der Waals surface area contributed by atoms with Crippen LogP contribution in [0.1, 0.15) is 34.2 Å². The number of nitrogens with one attached hydrogen (secondary N) is 1. The molecule has 2 rings (SSSR count). The molecule has 3 N–H and O–H groups in total. The minimum absolute atomic E-state index is 0.139. The van der Waals surface area contributed by atoms with E-state index in [4.69, 9.17) is 5.73 Å². The van der Waals surface area contributed by atoms with Crippen molar-refractivity contribution in [1.29, 1.82) is 0 Å². The average molecular weight is 262 g/mol. The van der Waals surface area contributed by atoms with E-state index < -0.39 is 0 Å². The molecule has 18 heavy (non-hydrogen) atoms. The van der Waals surface area contributed by atoms with Crippen LogP contribution in [-0.2, 0) is 0 Å². The number of thiazole rings is 1. The zero-order valence-electron chi connectivity index (χ0n) is 10.2. The summed E-state index contributed by atoms with van der Waals surface area (Å²) in [5.74, 6) is 0.0862. The molecule has 0 saturated heterocycles. The Morgan fingerprint density at radius 3 is 2.83 bits per heavy atom. The Morgan fingerprint density at radius 2 is 2.22 bits per heavy atom. The fourth-order valence-electron chi connectivity index (χ4n) is 1.48. The van der Waals surface area contributed by atoms with Gasteiger partial charge in [-0.25, -0.2) is 9.97 Å². The number of anilines is 1. The number of carbonyl (C=O) groups is 1. The van der Waals surface area contributed by atoms with Gasteiger partial charge in [0.05, 0.1) is 6.04 Å². The minimum Gasteiger partial charge on any atom is -0.384 e. The molecule has 2 heterocycles. The molecular weight excluding hydrogens is 248 g/mol. The molecule has 94 valence electrons. The van der Waals surface area contributed by atoms with Gasteiger partial charge in [-0.1, -0.05) is 6.07 Å². The molecule has 0 spiro atoms. The lowest BCUT2D eigenvalue weighted by Gasteiger charge is -2.10. The first-order valence-corrected chi connectivity index (χ1v) is 6.39. The number of pyridine rings is 1. The number of rotatable bonds is 3. The van der Waals surface area contributed by atoms with Crippen LogP contribution in [-0.4, -0.2) is 15.9 Å². The third kappa shape index (κ3) is 2.84. The van der Waals surface area contributed by atoms with Crippen molar-refractivity contribution in [2.45, 2.75) is 19.9 Å². The van der Waals surface area contributed by atoms with Crippen molar-refractivity contribution in [3.05, 3.63) is 40.0 Å². The number of amides is 1. The molecule has 0 aliphatic heterocycles. The SMILES string of the molecule is Cc1csc(C(C)NC(=O)c2cccc(N)n2)n1. The van der Waals surface area contributed by atoms with E-state index in [0.717, 1.165) is 10.7 Å². The Balaban J connectivity index is 2.08. The topological polar surface area (TPSA) is 80.9 Å². The van der Waals surface area contributed by atoms with E-state index >= 15 is 0 Å². The van der Waals surface area contributed by atoms with E-state index in [-0.39, 0.29) is 11.9 Å². The summed E-state index contributed by atoms with van der Waals surface area (Å²) in [4.78, 5) is 20.2. The van der Waals surface area contributed by atoms with Crippen molar-refractivity contribution in [1.82, 2.24) is 15.3 Å². The largest absolute Gasteiger partial charge is 0.384 e. The van der Waals surface area contributed by atoms with Crippen LogP contribution in [0.4, 0.5) is 5.82 Å². The number of aryl methyl sites for hydroxylation is 1. The number of aromatic nitrogens is 2. The van der Waals surface area contributed by atoms with Gasteiger partial charge in [-0.3, -0.25) is 4.79 Å². The summed E-state index contributed by atoms with van der Waals surface area (Å²) in [6.07, 6.45) is 0. The minimum atomic E-state index is -0.248.